The molecule has 2 aromatic rings. The van der Waals surface area contributed by atoms with E-state index >= 15 is 0 Å². The summed E-state index contributed by atoms with van der Waals surface area (Å²) in [5.74, 6) is 0. The largest absolute Gasteiger partial charge is 0.416 e. The van der Waals surface area contributed by atoms with Gasteiger partial charge < -0.3 is 5.32 Å². The number of aryl methyl sites for hydroxylation is 1. The van der Waals surface area contributed by atoms with E-state index in [1.54, 1.807) is 6.07 Å². The fourth-order valence-electron chi connectivity index (χ4n) is 2.77. The van der Waals surface area contributed by atoms with Crippen LogP contribution in [0.3, 0.4) is 0 Å². The molecule has 0 amide bonds. The second-order valence-corrected chi connectivity index (χ2v) is 5.37. The van der Waals surface area contributed by atoms with E-state index in [0.717, 1.165) is 24.6 Å². The minimum atomic E-state index is -4.29. The lowest BCUT2D eigenvalue weighted by Crippen LogP contribution is -2.09. The molecule has 1 nitrogen and oxygen atoms in total. The van der Waals surface area contributed by atoms with Crippen LogP contribution in [0.1, 0.15) is 35.2 Å². The fraction of sp³-hybridized carbons (Fsp3) is 0.294. The molecule has 0 radical (unpaired) electrons. The molecular formula is C17H16F3N. The lowest BCUT2D eigenvalue weighted by Gasteiger charge is -2.14. The van der Waals surface area contributed by atoms with E-state index in [-0.39, 0.29) is 6.04 Å². The standard InChI is InChI=1S/C17H16F3N/c1-2-11-6-7-15-13(8-11)10-16(21-15)12-4-3-5-14(9-12)17(18,19)20/h3-9,16,21H,2,10H2,1H3. The van der Waals surface area contributed by atoms with Gasteiger partial charge in [0.15, 0.2) is 0 Å². The van der Waals surface area contributed by atoms with E-state index in [1.807, 2.05) is 6.07 Å². The fourth-order valence-corrected chi connectivity index (χ4v) is 2.77. The molecule has 0 aliphatic carbocycles. The van der Waals surface area contributed by atoms with Gasteiger partial charge in [-0.2, -0.15) is 13.2 Å². The number of alkyl halides is 3. The Morgan fingerprint density at radius 2 is 1.95 bits per heavy atom. The molecule has 1 atom stereocenters. The highest BCUT2D eigenvalue weighted by atomic mass is 19.4. The van der Waals surface area contributed by atoms with E-state index in [9.17, 15) is 13.2 Å². The maximum atomic E-state index is 12.8. The van der Waals surface area contributed by atoms with Crippen molar-refractivity contribution in [1.29, 1.82) is 0 Å². The Balaban J connectivity index is 1.87. The van der Waals surface area contributed by atoms with Crippen LogP contribution in [0.4, 0.5) is 18.9 Å². The van der Waals surface area contributed by atoms with Gasteiger partial charge in [0.2, 0.25) is 0 Å². The van der Waals surface area contributed by atoms with Crippen LogP contribution >= 0.6 is 0 Å². The van der Waals surface area contributed by atoms with E-state index in [2.05, 4.69) is 24.4 Å². The highest BCUT2D eigenvalue weighted by Gasteiger charge is 2.31. The van der Waals surface area contributed by atoms with Crippen molar-refractivity contribution >= 4 is 5.69 Å². The first-order chi connectivity index (χ1) is 9.97. The molecule has 4 heteroatoms. The lowest BCUT2D eigenvalue weighted by atomic mass is 9.99. The maximum absolute atomic E-state index is 12.8. The third kappa shape index (κ3) is 2.75. The summed E-state index contributed by atoms with van der Waals surface area (Å²) in [6, 6.07) is 11.7. The Kier molecular flexibility index (Phi) is 3.40. The first-order valence-corrected chi connectivity index (χ1v) is 7.03. The van der Waals surface area contributed by atoms with Crippen molar-refractivity contribution in [2.24, 2.45) is 0 Å². The SMILES string of the molecule is CCc1ccc2c(c1)CC(c1cccc(C(F)(F)F)c1)N2. The number of benzene rings is 2. The predicted molar refractivity (Wildman–Crippen MR) is 77.3 cm³/mol. The van der Waals surface area contributed by atoms with Crippen LogP contribution in [-0.4, -0.2) is 0 Å². The minimum absolute atomic E-state index is 0.0885. The number of fused-ring (bicyclic) bond motifs is 1. The topological polar surface area (TPSA) is 12.0 Å². The monoisotopic (exact) mass is 291 g/mol. The van der Waals surface area contributed by atoms with Crippen molar-refractivity contribution in [3.63, 3.8) is 0 Å². The molecule has 21 heavy (non-hydrogen) atoms. The summed E-state index contributed by atoms with van der Waals surface area (Å²) < 4.78 is 38.4. The van der Waals surface area contributed by atoms with Crippen LogP contribution in [0.15, 0.2) is 42.5 Å². The molecular weight excluding hydrogens is 275 g/mol. The molecule has 0 bridgehead atoms. The number of halogens is 3. The van der Waals surface area contributed by atoms with Gasteiger partial charge in [0.05, 0.1) is 11.6 Å². The first-order valence-electron chi connectivity index (χ1n) is 7.03. The van der Waals surface area contributed by atoms with E-state index in [4.69, 9.17) is 0 Å². The number of rotatable bonds is 2. The van der Waals surface area contributed by atoms with Crippen molar-refractivity contribution in [1.82, 2.24) is 0 Å². The van der Waals surface area contributed by atoms with Gasteiger partial charge in [-0.25, -0.2) is 0 Å². The number of nitrogens with one attached hydrogen (secondary N) is 1. The van der Waals surface area contributed by atoms with Crippen molar-refractivity contribution in [2.75, 3.05) is 5.32 Å². The molecule has 0 saturated carbocycles. The highest BCUT2D eigenvalue weighted by Crippen LogP contribution is 2.37. The highest BCUT2D eigenvalue weighted by molar-refractivity contribution is 5.59. The van der Waals surface area contributed by atoms with Crippen LogP contribution < -0.4 is 5.32 Å². The van der Waals surface area contributed by atoms with Crippen molar-refractivity contribution in [2.45, 2.75) is 32.0 Å². The number of hydrogen-bond donors (Lipinski definition) is 1. The summed E-state index contributed by atoms with van der Waals surface area (Å²) in [4.78, 5) is 0. The van der Waals surface area contributed by atoms with Crippen LogP contribution in [0.2, 0.25) is 0 Å². The maximum Gasteiger partial charge on any atom is 0.416 e. The second kappa shape index (κ2) is 5.10. The molecule has 3 rings (SSSR count). The summed E-state index contributed by atoms with van der Waals surface area (Å²) in [7, 11) is 0. The van der Waals surface area contributed by atoms with Gasteiger partial charge in [0.1, 0.15) is 0 Å². The Morgan fingerprint density at radius 3 is 2.67 bits per heavy atom. The summed E-state index contributed by atoms with van der Waals surface area (Å²) >= 11 is 0. The third-order valence-electron chi connectivity index (χ3n) is 3.95. The van der Waals surface area contributed by atoms with Crippen LogP contribution in [0.25, 0.3) is 0 Å². The minimum Gasteiger partial charge on any atom is -0.378 e. The van der Waals surface area contributed by atoms with Gasteiger partial charge in [-0.1, -0.05) is 31.2 Å². The quantitative estimate of drug-likeness (QED) is 0.823. The molecule has 0 fully saturated rings. The van der Waals surface area contributed by atoms with Crippen molar-refractivity contribution in [3.8, 4) is 0 Å². The second-order valence-electron chi connectivity index (χ2n) is 5.37. The van der Waals surface area contributed by atoms with E-state index < -0.39 is 11.7 Å². The number of hydrogen-bond acceptors (Lipinski definition) is 1. The van der Waals surface area contributed by atoms with Crippen LogP contribution in [-0.2, 0) is 19.0 Å². The smallest absolute Gasteiger partial charge is 0.378 e. The van der Waals surface area contributed by atoms with Gasteiger partial charge in [-0.05, 0) is 47.7 Å². The van der Waals surface area contributed by atoms with Gasteiger partial charge in [0, 0.05) is 5.69 Å². The van der Waals surface area contributed by atoms with E-state index in [0.29, 0.717) is 5.56 Å². The van der Waals surface area contributed by atoms with Crippen molar-refractivity contribution < 1.29 is 13.2 Å². The van der Waals surface area contributed by atoms with Gasteiger partial charge in [0.25, 0.3) is 0 Å². The molecule has 1 unspecified atom stereocenters. The lowest BCUT2D eigenvalue weighted by molar-refractivity contribution is -0.137. The molecule has 110 valence electrons. The summed E-state index contributed by atoms with van der Waals surface area (Å²) in [5.41, 5.74) is 3.54. The molecule has 1 N–H and O–H groups in total. The zero-order chi connectivity index (χ0) is 15.0. The predicted octanol–water partition coefficient (Wildman–Crippen LogP) is 4.98. The van der Waals surface area contributed by atoms with Gasteiger partial charge in [-0.15, -0.1) is 0 Å². The van der Waals surface area contributed by atoms with Gasteiger partial charge >= 0.3 is 6.18 Å². The van der Waals surface area contributed by atoms with Crippen molar-refractivity contribution in [3.05, 3.63) is 64.7 Å². The molecule has 0 aromatic heterocycles. The summed E-state index contributed by atoms with van der Waals surface area (Å²) in [6.07, 6.45) is -2.61. The summed E-state index contributed by atoms with van der Waals surface area (Å²) in [5, 5.41) is 3.31. The van der Waals surface area contributed by atoms with Crippen LogP contribution in [0, 0.1) is 0 Å². The number of anilines is 1. The average Bonchev–Trinajstić information content (AvgIpc) is 2.89. The first kappa shape index (κ1) is 14.0. The van der Waals surface area contributed by atoms with E-state index in [1.165, 1.54) is 23.3 Å². The Labute approximate surface area is 121 Å². The molecule has 1 heterocycles. The Bertz CT molecular complexity index is 661. The zero-order valence-electron chi connectivity index (χ0n) is 11.7. The molecule has 1 aliphatic rings. The molecule has 1 aliphatic heterocycles. The average molecular weight is 291 g/mol. The Morgan fingerprint density at radius 1 is 1.14 bits per heavy atom. The Hall–Kier alpha value is -1.97. The summed E-state index contributed by atoms with van der Waals surface area (Å²) in [6.45, 7) is 2.09. The molecule has 0 spiro atoms. The molecule has 2 aromatic carbocycles. The zero-order valence-corrected chi connectivity index (χ0v) is 11.7. The third-order valence-corrected chi connectivity index (χ3v) is 3.95. The van der Waals surface area contributed by atoms with Crippen LogP contribution in [0.5, 0.6) is 0 Å². The normalized spacial score (nSPS) is 17.4. The van der Waals surface area contributed by atoms with Gasteiger partial charge in [-0.3, -0.25) is 0 Å². The molecule has 0 saturated heterocycles.